The molecule has 154 valence electrons. The largest absolute Gasteiger partial charge is 0.454 e. The summed E-state index contributed by atoms with van der Waals surface area (Å²) in [5.41, 5.74) is 2.65. The third-order valence-corrected chi connectivity index (χ3v) is 6.54. The summed E-state index contributed by atoms with van der Waals surface area (Å²) in [6.07, 6.45) is 2.91. The highest BCUT2D eigenvalue weighted by molar-refractivity contribution is 6.08. The van der Waals surface area contributed by atoms with Crippen LogP contribution in [0, 0.1) is 37.5 Å². The zero-order valence-corrected chi connectivity index (χ0v) is 16.9. The number of likely N-dealkylation sites (tertiary alicyclic amines) is 1. The van der Waals surface area contributed by atoms with Crippen molar-refractivity contribution in [2.45, 2.75) is 46.1 Å². The van der Waals surface area contributed by atoms with E-state index in [1.54, 1.807) is 0 Å². The van der Waals surface area contributed by atoms with E-state index in [0.29, 0.717) is 5.69 Å². The molecule has 2 aliphatic carbocycles. The van der Waals surface area contributed by atoms with Crippen LogP contribution in [0.4, 0.5) is 5.69 Å². The fraction of sp³-hybridized carbons (Fsp3) is 0.545. The molecule has 1 saturated heterocycles. The van der Waals surface area contributed by atoms with E-state index in [1.165, 1.54) is 6.92 Å². The number of rotatable bonds is 5. The lowest BCUT2D eigenvalue weighted by Gasteiger charge is -2.23. The molecule has 0 aromatic heterocycles. The quantitative estimate of drug-likeness (QED) is 0.606. The van der Waals surface area contributed by atoms with Crippen molar-refractivity contribution >= 4 is 29.4 Å². The van der Waals surface area contributed by atoms with Gasteiger partial charge in [0.2, 0.25) is 11.8 Å². The summed E-state index contributed by atoms with van der Waals surface area (Å²) in [5.74, 6) is -1.74. The lowest BCUT2D eigenvalue weighted by atomic mass is 9.81. The van der Waals surface area contributed by atoms with Crippen LogP contribution in [0.5, 0.6) is 0 Å². The molecule has 1 N–H and O–H groups in total. The average Bonchev–Trinajstić information content (AvgIpc) is 3.32. The zero-order valence-electron chi connectivity index (χ0n) is 16.9. The van der Waals surface area contributed by atoms with E-state index in [-0.39, 0.29) is 35.5 Å². The highest BCUT2D eigenvalue weighted by atomic mass is 16.5. The predicted molar refractivity (Wildman–Crippen MR) is 105 cm³/mol. The van der Waals surface area contributed by atoms with E-state index < -0.39 is 24.5 Å². The summed E-state index contributed by atoms with van der Waals surface area (Å²) in [6, 6.07) is 4.62. The first kappa shape index (κ1) is 19.6. The number of aryl methyl sites for hydroxylation is 2. The Morgan fingerprint density at radius 2 is 1.62 bits per heavy atom. The molecular formula is C22H26N2O5. The Hall–Kier alpha value is -2.70. The summed E-state index contributed by atoms with van der Waals surface area (Å²) in [5, 5.41) is 2.69. The van der Waals surface area contributed by atoms with Gasteiger partial charge in [0.05, 0.1) is 11.8 Å². The van der Waals surface area contributed by atoms with Crippen LogP contribution in [-0.4, -0.2) is 41.2 Å². The van der Waals surface area contributed by atoms with E-state index in [0.717, 1.165) is 35.3 Å². The van der Waals surface area contributed by atoms with Gasteiger partial charge in [-0.1, -0.05) is 6.07 Å². The number of anilines is 1. The Bertz CT molecular complexity index is 847. The highest BCUT2D eigenvalue weighted by Crippen LogP contribution is 2.56. The molecule has 4 rings (SSSR count). The van der Waals surface area contributed by atoms with E-state index in [4.69, 9.17) is 4.74 Å². The van der Waals surface area contributed by atoms with Gasteiger partial charge in [-0.3, -0.25) is 19.3 Å². The molecule has 1 aromatic rings. The maximum absolute atomic E-state index is 12.8. The smallest absolute Gasteiger partial charge is 0.329 e. The molecule has 3 aliphatic rings. The van der Waals surface area contributed by atoms with Crippen LogP contribution in [0.1, 0.15) is 37.3 Å². The molecule has 1 heterocycles. The lowest BCUT2D eigenvalue weighted by Crippen LogP contribution is -2.45. The van der Waals surface area contributed by atoms with Crippen LogP contribution in [0.2, 0.25) is 0 Å². The summed E-state index contributed by atoms with van der Waals surface area (Å²) in [7, 11) is 0. The summed E-state index contributed by atoms with van der Waals surface area (Å²) in [4.78, 5) is 51.2. The molecular weight excluding hydrogens is 372 g/mol. The van der Waals surface area contributed by atoms with Gasteiger partial charge in [-0.05, 0) is 75.1 Å². The first-order valence-electron chi connectivity index (χ1n) is 10.2. The molecule has 29 heavy (non-hydrogen) atoms. The highest BCUT2D eigenvalue weighted by Gasteiger charge is 2.62. The van der Waals surface area contributed by atoms with Gasteiger partial charge in [0.15, 0.2) is 6.61 Å². The van der Waals surface area contributed by atoms with Crippen LogP contribution in [0.3, 0.4) is 0 Å². The van der Waals surface area contributed by atoms with Gasteiger partial charge in [-0.2, -0.15) is 0 Å². The van der Waals surface area contributed by atoms with Gasteiger partial charge in [0, 0.05) is 5.69 Å². The molecule has 1 aliphatic heterocycles. The molecule has 3 amide bonds. The van der Waals surface area contributed by atoms with Crippen molar-refractivity contribution in [2.75, 3.05) is 11.9 Å². The minimum Gasteiger partial charge on any atom is -0.454 e. The number of carbonyl (C=O) groups is 4. The van der Waals surface area contributed by atoms with Crippen LogP contribution < -0.4 is 5.32 Å². The van der Waals surface area contributed by atoms with Crippen molar-refractivity contribution in [3.63, 3.8) is 0 Å². The normalized spacial score (nSPS) is 28.4. The number of imide groups is 1. The van der Waals surface area contributed by atoms with Crippen molar-refractivity contribution in [2.24, 2.45) is 23.7 Å². The Morgan fingerprint density at radius 1 is 1.07 bits per heavy atom. The number of hydrogen-bond acceptors (Lipinski definition) is 5. The van der Waals surface area contributed by atoms with Crippen molar-refractivity contribution in [1.29, 1.82) is 0 Å². The van der Waals surface area contributed by atoms with Crippen LogP contribution in [0.25, 0.3) is 0 Å². The van der Waals surface area contributed by atoms with E-state index >= 15 is 0 Å². The Labute approximate surface area is 169 Å². The first-order chi connectivity index (χ1) is 13.8. The van der Waals surface area contributed by atoms with E-state index in [9.17, 15) is 19.2 Å². The summed E-state index contributed by atoms with van der Waals surface area (Å²) in [6.45, 7) is 4.87. The Balaban J connectivity index is 1.34. The number of benzene rings is 1. The number of nitrogens with zero attached hydrogens (tertiary/aromatic N) is 1. The number of esters is 1. The standard InChI is InChI=1S/C22H26N2O5/c1-11-6-12(2)8-16(7-11)23-17(25)10-29-22(28)13(3)24-20(26)18-14-4-5-15(9-14)19(18)21(24)27/h6-8,13-15,18-19H,4-5,9-10H2,1-3H3,(H,23,25)/t13-,14-,15+,18+,19+/m1/s1. The second kappa shape index (κ2) is 7.28. The number of fused-ring (bicyclic) bond motifs is 5. The number of amides is 3. The minimum absolute atomic E-state index is 0.253. The molecule has 2 bridgehead atoms. The first-order valence-corrected chi connectivity index (χ1v) is 10.2. The summed E-state index contributed by atoms with van der Waals surface area (Å²) < 4.78 is 5.10. The van der Waals surface area contributed by atoms with Crippen LogP contribution >= 0.6 is 0 Å². The van der Waals surface area contributed by atoms with Crippen molar-refractivity contribution in [3.8, 4) is 0 Å². The third kappa shape index (κ3) is 3.43. The second-order valence-electron chi connectivity index (χ2n) is 8.64. The maximum atomic E-state index is 12.8. The fourth-order valence-electron chi connectivity index (χ4n) is 5.42. The number of carbonyl (C=O) groups excluding carboxylic acids is 4. The van der Waals surface area contributed by atoms with Crippen LogP contribution in [-0.2, 0) is 23.9 Å². The SMILES string of the molecule is Cc1cc(C)cc(NC(=O)COC(=O)[C@@H](C)N2C(=O)[C@H]3[C@@H]4CC[C@@H](C4)[C@@H]3C2=O)c1. The molecule has 0 radical (unpaired) electrons. The van der Waals surface area contributed by atoms with E-state index in [1.807, 2.05) is 32.0 Å². The molecule has 2 saturated carbocycles. The lowest BCUT2D eigenvalue weighted by molar-refractivity contribution is -0.159. The minimum atomic E-state index is -1.02. The molecule has 0 unspecified atom stereocenters. The third-order valence-electron chi connectivity index (χ3n) is 6.54. The van der Waals surface area contributed by atoms with Gasteiger partial charge in [-0.25, -0.2) is 4.79 Å². The molecule has 3 fully saturated rings. The number of hydrogen-bond donors (Lipinski definition) is 1. The van der Waals surface area contributed by atoms with Crippen molar-refractivity contribution in [1.82, 2.24) is 4.90 Å². The monoisotopic (exact) mass is 398 g/mol. The molecule has 0 spiro atoms. The fourth-order valence-corrected chi connectivity index (χ4v) is 5.42. The summed E-state index contributed by atoms with van der Waals surface area (Å²) >= 11 is 0. The zero-order chi connectivity index (χ0) is 20.9. The van der Waals surface area contributed by atoms with Crippen molar-refractivity contribution in [3.05, 3.63) is 29.3 Å². The number of ether oxygens (including phenoxy) is 1. The Kier molecular flexibility index (Phi) is 4.92. The van der Waals surface area contributed by atoms with Gasteiger partial charge in [0.1, 0.15) is 6.04 Å². The predicted octanol–water partition coefficient (Wildman–Crippen LogP) is 2.20. The molecule has 7 heteroatoms. The second-order valence-corrected chi connectivity index (χ2v) is 8.64. The topological polar surface area (TPSA) is 92.8 Å². The number of nitrogens with one attached hydrogen (secondary N) is 1. The van der Waals surface area contributed by atoms with Gasteiger partial charge in [0.25, 0.3) is 5.91 Å². The van der Waals surface area contributed by atoms with Gasteiger partial charge in [-0.15, -0.1) is 0 Å². The Morgan fingerprint density at radius 3 is 2.17 bits per heavy atom. The molecule has 5 atom stereocenters. The van der Waals surface area contributed by atoms with Crippen molar-refractivity contribution < 1.29 is 23.9 Å². The molecule has 1 aromatic carbocycles. The van der Waals surface area contributed by atoms with Crippen LogP contribution in [0.15, 0.2) is 18.2 Å². The van der Waals surface area contributed by atoms with E-state index in [2.05, 4.69) is 5.32 Å². The van der Waals surface area contributed by atoms with Gasteiger partial charge < -0.3 is 10.1 Å². The maximum Gasteiger partial charge on any atom is 0.329 e. The molecule has 7 nitrogen and oxygen atoms in total. The van der Waals surface area contributed by atoms with Gasteiger partial charge >= 0.3 is 5.97 Å². The average molecular weight is 398 g/mol.